The number of alkyl halides is 3. The van der Waals surface area contributed by atoms with Crippen LogP contribution in [0.4, 0.5) is 13.2 Å². The highest BCUT2D eigenvalue weighted by molar-refractivity contribution is 6.76. The van der Waals surface area contributed by atoms with E-state index in [1.807, 2.05) is 0 Å². The van der Waals surface area contributed by atoms with Crippen LogP contribution in [0.25, 0.3) is 0 Å². The van der Waals surface area contributed by atoms with Crippen molar-refractivity contribution in [1.82, 2.24) is 0 Å². The van der Waals surface area contributed by atoms with E-state index in [1.165, 1.54) is 14.0 Å². The van der Waals surface area contributed by atoms with Crippen molar-refractivity contribution in [3.63, 3.8) is 0 Å². The summed E-state index contributed by atoms with van der Waals surface area (Å²) in [7, 11) is -0.0605. The fraction of sp³-hybridized carbons (Fsp3) is 0.636. The molecule has 1 atom stereocenters. The van der Waals surface area contributed by atoms with Crippen molar-refractivity contribution < 1.29 is 41.7 Å². The van der Waals surface area contributed by atoms with E-state index in [2.05, 4.69) is 24.4 Å². The van der Waals surface area contributed by atoms with Crippen LogP contribution in [0.5, 0.6) is 11.5 Å². The molecule has 0 saturated carbocycles. The van der Waals surface area contributed by atoms with Crippen molar-refractivity contribution in [2.45, 2.75) is 65.2 Å². The second-order valence-electron chi connectivity index (χ2n) is 8.94. The largest absolute Gasteiger partial charge is 0.496 e. The first-order chi connectivity index (χ1) is 14.8. The molecule has 180 valence electrons. The predicted molar refractivity (Wildman–Crippen MR) is 115 cm³/mol. The molecule has 0 spiro atoms. The molecule has 1 heterocycles. The normalized spacial score (nSPS) is 14.6. The van der Waals surface area contributed by atoms with Gasteiger partial charge in [-0.15, -0.1) is 0 Å². The van der Waals surface area contributed by atoms with E-state index in [1.54, 1.807) is 6.92 Å². The minimum absolute atomic E-state index is 0.0506. The molecule has 0 amide bonds. The maximum Gasteiger partial charge on any atom is 0.402 e. The minimum Gasteiger partial charge on any atom is -0.496 e. The zero-order chi connectivity index (χ0) is 24.3. The van der Waals surface area contributed by atoms with Crippen molar-refractivity contribution in [2.24, 2.45) is 5.92 Å². The van der Waals surface area contributed by atoms with Crippen LogP contribution in [0.3, 0.4) is 0 Å². The third kappa shape index (κ3) is 5.96. The van der Waals surface area contributed by atoms with Crippen LogP contribution in [-0.2, 0) is 27.3 Å². The molecule has 0 fully saturated rings. The topological polar surface area (TPSA) is 71.1 Å². The van der Waals surface area contributed by atoms with E-state index >= 15 is 0 Å². The molecule has 10 heteroatoms. The van der Waals surface area contributed by atoms with Crippen LogP contribution >= 0.6 is 0 Å². The summed E-state index contributed by atoms with van der Waals surface area (Å²) in [5, 5.41) is 0. The first kappa shape index (κ1) is 26.0. The lowest BCUT2D eigenvalue weighted by molar-refractivity contribution is -0.198. The van der Waals surface area contributed by atoms with Gasteiger partial charge in [-0.25, -0.2) is 4.79 Å². The average molecular weight is 477 g/mol. The summed E-state index contributed by atoms with van der Waals surface area (Å²) >= 11 is 0. The standard InChI is InChI=1S/C22H31F3O6Si/c1-7-29-20(26)16(22(23,24)25)9-8-14-18(28-3)13(2)15-12-31-21(27)17(15)19(14)30-10-11-32(4,5)6/h16H,7-12H2,1-6H3. The third-order valence-corrected chi connectivity index (χ3v) is 7.08. The summed E-state index contributed by atoms with van der Waals surface area (Å²) in [6.07, 6.45) is -5.50. The number of carbonyl (C=O) groups excluding carboxylic acids is 2. The zero-order valence-corrected chi connectivity index (χ0v) is 20.4. The van der Waals surface area contributed by atoms with Gasteiger partial charge in [-0.05, 0) is 38.3 Å². The Hall–Kier alpha value is -2.23. The van der Waals surface area contributed by atoms with Crippen molar-refractivity contribution in [1.29, 1.82) is 0 Å². The van der Waals surface area contributed by atoms with Gasteiger partial charge in [0.05, 0.1) is 20.3 Å². The van der Waals surface area contributed by atoms with Gasteiger partial charge in [0.25, 0.3) is 0 Å². The van der Waals surface area contributed by atoms with Gasteiger partial charge in [0.2, 0.25) is 0 Å². The Balaban J connectivity index is 2.49. The number of rotatable bonds is 10. The highest BCUT2D eigenvalue weighted by Crippen LogP contribution is 2.44. The molecule has 6 nitrogen and oxygen atoms in total. The fourth-order valence-corrected chi connectivity index (χ4v) is 4.33. The number of hydrogen-bond acceptors (Lipinski definition) is 6. The molecule has 1 aromatic rings. The lowest BCUT2D eigenvalue weighted by atomic mass is 9.92. The number of carbonyl (C=O) groups is 2. The van der Waals surface area contributed by atoms with E-state index in [0.717, 1.165) is 6.04 Å². The first-order valence-electron chi connectivity index (χ1n) is 10.6. The lowest BCUT2D eigenvalue weighted by Gasteiger charge is -2.23. The molecule has 2 rings (SSSR count). The number of cyclic esters (lactones) is 1. The Bertz CT molecular complexity index is 861. The van der Waals surface area contributed by atoms with Crippen LogP contribution in [0, 0.1) is 12.8 Å². The summed E-state index contributed by atoms with van der Waals surface area (Å²) in [5.41, 5.74) is 1.78. The summed E-state index contributed by atoms with van der Waals surface area (Å²) in [5.74, 6) is -3.66. The van der Waals surface area contributed by atoms with Gasteiger partial charge in [-0.1, -0.05) is 19.6 Å². The molecule has 1 aromatic carbocycles. The molecule has 0 aromatic heterocycles. The molecular weight excluding hydrogens is 445 g/mol. The lowest BCUT2D eigenvalue weighted by Crippen LogP contribution is -2.33. The molecule has 32 heavy (non-hydrogen) atoms. The Kier molecular flexibility index (Phi) is 8.25. The first-order valence-corrected chi connectivity index (χ1v) is 14.3. The predicted octanol–water partition coefficient (Wildman–Crippen LogP) is 5.07. The summed E-state index contributed by atoms with van der Waals surface area (Å²) in [6.45, 7) is 9.89. The van der Waals surface area contributed by atoms with Crippen LogP contribution in [0.2, 0.25) is 25.7 Å². The summed E-state index contributed by atoms with van der Waals surface area (Å²) in [6, 6.07) is 0.792. The second kappa shape index (κ2) is 10.1. The molecule has 0 saturated heterocycles. The Labute approximate surface area is 187 Å². The number of halogens is 3. The van der Waals surface area contributed by atoms with Gasteiger partial charge >= 0.3 is 18.1 Å². The van der Waals surface area contributed by atoms with Crippen molar-refractivity contribution >= 4 is 20.0 Å². The fourth-order valence-electron chi connectivity index (χ4n) is 3.62. The van der Waals surface area contributed by atoms with E-state index in [-0.39, 0.29) is 30.9 Å². The number of hydrogen-bond donors (Lipinski definition) is 0. The average Bonchev–Trinajstić information content (AvgIpc) is 3.04. The van der Waals surface area contributed by atoms with Crippen LogP contribution in [0.1, 0.15) is 40.4 Å². The van der Waals surface area contributed by atoms with Crippen LogP contribution < -0.4 is 9.47 Å². The molecule has 0 bridgehead atoms. The summed E-state index contributed by atoms with van der Waals surface area (Å²) < 4.78 is 62.0. The molecule has 0 N–H and O–H groups in total. The van der Waals surface area contributed by atoms with Crippen molar-refractivity contribution in [2.75, 3.05) is 20.3 Å². The van der Waals surface area contributed by atoms with Gasteiger partial charge in [0.15, 0.2) is 5.92 Å². The van der Waals surface area contributed by atoms with E-state index in [4.69, 9.17) is 14.2 Å². The number of fused-ring (bicyclic) bond motifs is 1. The monoisotopic (exact) mass is 476 g/mol. The Morgan fingerprint density at radius 3 is 2.41 bits per heavy atom. The quantitative estimate of drug-likeness (QED) is 0.347. The van der Waals surface area contributed by atoms with Gasteiger partial charge in [-0.3, -0.25) is 4.79 Å². The molecule has 1 aliphatic heterocycles. The summed E-state index contributed by atoms with van der Waals surface area (Å²) in [4.78, 5) is 24.4. The van der Waals surface area contributed by atoms with Crippen molar-refractivity contribution in [3.8, 4) is 11.5 Å². The Morgan fingerprint density at radius 2 is 1.88 bits per heavy atom. The Morgan fingerprint density at radius 1 is 1.22 bits per heavy atom. The molecule has 0 aliphatic carbocycles. The van der Waals surface area contributed by atoms with E-state index in [9.17, 15) is 22.8 Å². The number of methoxy groups -OCH3 is 1. The highest BCUT2D eigenvalue weighted by Gasteiger charge is 2.46. The number of ether oxygens (including phenoxy) is 4. The second-order valence-corrected chi connectivity index (χ2v) is 14.6. The van der Waals surface area contributed by atoms with Crippen molar-refractivity contribution in [3.05, 3.63) is 22.3 Å². The van der Waals surface area contributed by atoms with Gasteiger partial charge in [0.1, 0.15) is 23.7 Å². The molecule has 1 unspecified atom stereocenters. The van der Waals surface area contributed by atoms with Gasteiger partial charge in [-0.2, -0.15) is 13.2 Å². The molecule has 0 radical (unpaired) electrons. The molecule has 1 aliphatic rings. The number of benzene rings is 1. The SMILES string of the molecule is CCOC(=O)C(CCc1c(OC)c(C)c2c(c1OCC[Si](C)(C)C)C(=O)OC2)C(F)(F)F. The highest BCUT2D eigenvalue weighted by atomic mass is 28.3. The zero-order valence-electron chi connectivity index (χ0n) is 19.4. The van der Waals surface area contributed by atoms with Crippen LogP contribution in [-0.4, -0.2) is 46.5 Å². The maximum atomic E-state index is 13.5. The van der Waals surface area contributed by atoms with E-state index < -0.39 is 38.5 Å². The van der Waals surface area contributed by atoms with E-state index in [0.29, 0.717) is 29.0 Å². The van der Waals surface area contributed by atoms with Gasteiger partial charge in [0, 0.05) is 19.2 Å². The maximum absolute atomic E-state index is 13.5. The molecular formula is C22H31F3O6Si. The smallest absolute Gasteiger partial charge is 0.402 e. The van der Waals surface area contributed by atoms with Gasteiger partial charge < -0.3 is 18.9 Å². The van der Waals surface area contributed by atoms with Crippen LogP contribution in [0.15, 0.2) is 0 Å². The minimum atomic E-state index is -4.76. The third-order valence-electron chi connectivity index (χ3n) is 5.37. The number of esters is 2.